The van der Waals surface area contributed by atoms with E-state index in [0.717, 1.165) is 36.5 Å². The number of hydrogen-bond donors (Lipinski definition) is 2. The third-order valence-electron chi connectivity index (χ3n) is 5.11. The van der Waals surface area contributed by atoms with Crippen molar-refractivity contribution < 1.29 is 13.5 Å². The molecule has 0 aliphatic heterocycles. The van der Waals surface area contributed by atoms with E-state index in [4.69, 9.17) is 0 Å². The highest BCUT2D eigenvalue weighted by Crippen LogP contribution is 2.26. The van der Waals surface area contributed by atoms with Gasteiger partial charge in [0.05, 0.1) is 23.8 Å². The summed E-state index contributed by atoms with van der Waals surface area (Å²) in [5, 5.41) is 6.71. The molecule has 2 N–H and O–H groups in total. The Balaban J connectivity index is 1.34. The summed E-state index contributed by atoms with van der Waals surface area (Å²) in [7, 11) is 0. The Morgan fingerprint density at radius 2 is 1.84 bits per heavy atom. The Kier molecular flexibility index (Phi) is 6.06. The molecule has 1 fully saturated rings. The van der Waals surface area contributed by atoms with E-state index >= 15 is 0 Å². The topological polar surface area (TPSA) is 94.0 Å². The summed E-state index contributed by atoms with van der Waals surface area (Å²) >= 11 is 0. The molecule has 8 nitrogen and oxygen atoms in total. The number of halogens is 2. The van der Waals surface area contributed by atoms with Crippen molar-refractivity contribution in [3.8, 4) is 11.6 Å². The number of rotatable bonds is 7. The van der Waals surface area contributed by atoms with Gasteiger partial charge in [-0.05, 0) is 44.4 Å². The van der Waals surface area contributed by atoms with Crippen LogP contribution < -0.4 is 20.9 Å². The van der Waals surface area contributed by atoms with Crippen molar-refractivity contribution >= 4 is 11.6 Å². The molecule has 0 saturated heterocycles. The summed E-state index contributed by atoms with van der Waals surface area (Å²) in [6.07, 6.45) is 6.99. The van der Waals surface area contributed by atoms with E-state index in [1.807, 2.05) is 25.1 Å². The first kappa shape index (κ1) is 20.7. The number of anilines is 2. The Bertz CT molecular complexity index is 1090. The van der Waals surface area contributed by atoms with Gasteiger partial charge in [0.25, 0.3) is 5.56 Å². The molecular weight excluding hydrogens is 406 g/mol. The maximum absolute atomic E-state index is 12.2. The predicted octanol–water partition coefficient (Wildman–Crippen LogP) is 3.38. The van der Waals surface area contributed by atoms with Crippen molar-refractivity contribution in [1.82, 2.24) is 19.5 Å². The third kappa shape index (κ3) is 5.14. The molecule has 0 amide bonds. The Morgan fingerprint density at radius 3 is 2.48 bits per heavy atom. The molecule has 0 unspecified atom stereocenters. The second kappa shape index (κ2) is 9.07. The second-order valence-electron chi connectivity index (χ2n) is 7.32. The molecule has 1 aliphatic carbocycles. The predicted molar refractivity (Wildman–Crippen MR) is 112 cm³/mol. The molecule has 3 aromatic heterocycles. The average Bonchev–Trinajstić information content (AvgIpc) is 3.17. The first-order valence-corrected chi connectivity index (χ1v) is 9.93. The van der Waals surface area contributed by atoms with Gasteiger partial charge < -0.3 is 15.4 Å². The Morgan fingerprint density at radius 1 is 1.06 bits per heavy atom. The van der Waals surface area contributed by atoms with Gasteiger partial charge in [0.15, 0.2) is 0 Å². The molecule has 0 spiro atoms. The highest BCUT2D eigenvalue weighted by Gasteiger charge is 2.25. The van der Waals surface area contributed by atoms with E-state index in [1.165, 1.54) is 18.5 Å². The molecular formula is C21H22F2N6O2. The summed E-state index contributed by atoms with van der Waals surface area (Å²) in [4.78, 5) is 24.5. The number of ether oxygens (including phenoxy) is 1. The van der Waals surface area contributed by atoms with E-state index in [-0.39, 0.29) is 23.5 Å². The third-order valence-corrected chi connectivity index (χ3v) is 5.11. The van der Waals surface area contributed by atoms with Gasteiger partial charge in [-0.15, -0.1) is 0 Å². The normalized spacial score (nSPS) is 18.2. The fraction of sp³-hybridized carbons (Fsp3) is 0.333. The van der Waals surface area contributed by atoms with Gasteiger partial charge in [0.2, 0.25) is 5.88 Å². The number of hydrogen-bond acceptors (Lipinski definition) is 7. The van der Waals surface area contributed by atoms with E-state index in [2.05, 4.69) is 30.3 Å². The summed E-state index contributed by atoms with van der Waals surface area (Å²) in [6.45, 7) is -1.05. The van der Waals surface area contributed by atoms with E-state index in [9.17, 15) is 13.6 Å². The molecule has 10 heteroatoms. The molecule has 4 rings (SSSR count). The van der Waals surface area contributed by atoms with E-state index in [0.29, 0.717) is 5.82 Å². The van der Waals surface area contributed by atoms with Gasteiger partial charge in [-0.1, -0.05) is 6.07 Å². The van der Waals surface area contributed by atoms with Crippen LogP contribution >= 0.6 is 0 Å². The molecule has 0 aromatic carbocycles. The number of alkyl halides is 2. The van der Waals surface area contributed by atoms with Crippen LogP contribution in [0.5, 0.6) is 5.88 Å². The minimum absolute atomic E-state index is 0.102. The van der Waals surface area contributed by atoms with Crippen molar-refractivity contribution in [3.63, 3.8) is 0 Å². The van der Waals surface area contributed by atoms with Gasteiger partial charge >= 0.3 is 6.61 Å². The molecule has 1 saturated carbocycles. The van der Waals surface area contributed by atoms with Crippen LogP contribution in [-0.2, 0) is 0 Å². The Labute approximate surface area is 177 Å². The second-order valence-corrected chi connectivity index (χ2v) is 7.32. The average molecular weight is 428 g/mol. The van der Waals surface area contributed by atoms with Gasteiger partial charge in [0.1, 0.15) is 11.6 Å². The van der Waals surface area contributed by atoms with Gasteiger partial charge in [-0.25, -0.2) is 15.0 Å². The molecule has 162 valence electrons. The minimum Gasteiger partial charge on any atom is -0.415 e. The summed E-state index contributed by atoms with van der Waals surface area (Å²) in [5.74, 6) is 1.05. The van der Waals surface area contributed by atoms with Crippen LogP contribution in [0.15, 0.2) is 53.7 Å². The zero-order chi connectivity index (χ0) is 21.8. The van der Waals surface area contributed by atoms with E-state index in [1.54, 1.807) is 16.8 Å². The maximum Gasteiger partial charge on any atom is 0.388 e. The number of pyridine rings is 2. The molecule has 3 heterocycles. The highest BCUT2D eigenvalue weighted by atomic mass is 19.3. The van der Waals surface area contributed by atoms with Crippen LogP contribution in [0.25, 0.3) is 5.69 Å². The Hall–Kier alpha value is -3.56. The van der Waals surface area contributed by atoms with Crippen molar-refractivity contribution in [2.45, 2.75) is 44.9 Å². The monoisotopic (exact) mass is 428 g/mol. The molecule has 2 atom stereocenters. The fourth-order valence-electron chi connectivity index (χ4n) is 3.72. The van der Waals surface area contributed by atoms with Crippen molar-refractivity contribution in [2.24, 2.45) is 0 Å². The van der Waals surface area contributed by atoms with E-state index < -0.39 is 6.61 Å². The van der Waals surface area contributed by atoms with Crippen molar-refractivity contribution in [1.29, 1.82) is 0 Å². The first-order valence-electron chi connectivity index (χ1n) is 9.93. The van der Waals surface area contributed by atoms with Crippen LogP contribution in [0.3, 0.4) is 0 Å². The molecule has 3 aromatic rings. The van der Waals surface area contributed by atoms with Crippen LogP contribution in [0, 0.1) is 6.92 Å². The number of aromatic nitrogens is 4. The van der Waals surface area contributed by atoms with Gasteiger partial charge in [0, 0.05) is 24.3 Å². The summed E-state index contributed by atoms with van der Waals surface area (Å²) in [6, 6.07) is 9.19. The highest BCUT2D eigenvalue weighted by molar-refractivity contribution is 5.46. The van der Waals surface area contributed by atoms with Crippen LogP contribution in [-0.4, -0.2) is 38.2 Å². The number of nitrogens with one attached hydrogen (secondary N) is 2. The maximum atomic E-state index is 12.2. The minimum atomic E-state index is -2.92. The lowest BCUT2D eigenvalue weighted by Gasteiger charge is -2.17. The number of nitrogens with zero attached hydrogens (tertiary/aromatic N) is 4. The molecule has 0 bridgehead atoms. The quantitative estimate of drug-likeness (QED) is 0.596. The van der Waals surface area contributed by atoms with Crippen molar-refractivity contribution in [2.75, 3.05) is 10.6 Å². The standard InChI is InChI=1S/C21H22F2N6O2/c1-13-16(29-9-3-2-4-20(29)30)7-8-17(26-13)27-14-5-6-15(10-14)28-18-11-25-19(12-24-18)31-21(22)23/h2-4,7-9,11-12,14-15,21H,5-6,10H2,1H3,(H,24,28)(H,26,27)/t14-,15-/m0/s1. The molecule has 1 aliphatic rings. The van der Waals surface area contributed by atoms with Gasteiger partial charge in [-0.3, -0.25) is 9.36 Å². The molecule has 31 heavy (non-hydrogen) atoms. The lowest BCUT2D eigenvalue weighted by molar-refractivity contribution is -0.0530. The van der Waals surface area contributed by atoms with Crippen molar-refractivity contribution in [3.05, 3.63) is 65.0 Å². The zero-order valence-corrected chi connectivity index (χ0v) is 16.8. The lowest BCUT2D eigenvalue weighted by atomic mass is 10.2. The van der Waals surface area contributed by atoms with Crippen LogP contribution in [0.2, 0.25) is 0 Å². The molecule has 0 radical (unpaired) electrons. The summed E-state index contributed by atoms with van der Waals surface area (Å²) in [5.41, 5.74) is 1.40. The number of aryl methyl sites for hydroxylation is 1. The summed E-state index contributed by atoms with van der Waals surface area (Å²) < 4.78 is 30.2. The van der Waals surface area contributed by atoms with Crippen LogP contribution in [0.1, 0.15) is 25.0 Å². The van der Waals surface area contributed by atoms with Gasteiger partial charge in [-0.2, -0.15) is 8.78 Å². The smallest absolute Gasteiger partial charge is 0.388 e. The lowest BCUT2D eigenvalue weighted by Crippen LogP contribution is -2.22. The van der Waals surface area contributed by atoms with Crippen LogP contribution in [0.4, 0.5) is 20.4 Å². The first-order chi connectivity index (χ1) is 15.0. The zero-order valence-electron chi connectivity index (χ0n) is 16.8. The fourth-order valence-corrected chi connectivity index (χ4v) is 3.72. The largest absolute Gasteiger partial charge is 0.415 e. The SMILES string of the molecule is Cc1nc(N[C@H]2CC[C@H](Nc3cnc(OC(F)F)cn3)C2)ccc1-n1ccccc1=O.